The molecule has 0 aliphatic heterocycles. The van der Waals surface area contributed by atoms with Crippen LogP contribution in [0, 0.1) is 13.8 Å². The Kier molecular flexibility index (Phi) is 3.77. The maximum atomic E-state index is 9.28. The molecule has 0 saturated heterocycles. The first-order valence-corrected chi connectivity index (χ1v) is 6.28. The van der Waals surface area contributed by atoms with E-state index < -0.39 is 0 Å². The van der Waals surface area contributed by atoms with Crippen LogP contribution in [-0.2, 0) is 13.2 Å². The van der Waals surface area contributed by atoms with Crippen LogP contribution in [0.5, 0.6) is 0 Å². The topological polar surface area (TPSA) is 50.9 Å². The van der Waals surface area contributed by atoms with Gasteiger partial charge in [0.05, 0.1) is 0 Å². The summed E-state index contributed by atoms with van der Waals surface area (Å²) in [6.07, 6.45) is 0.989. The van der Waals surface area contributed by atoms with Crippen molar-refractivity contribution < 1.29 is 5.11 Å². The fraction of sp³-hybridized carbons (Fsp3) is 0.429. The minimum Gasteiger partial charge on any atom is -0.388 e. The summed E-state index contributed by atoms with van der Waals surface area (Å²) in [6.45, 7) is 7.04. The molecule has 0 saturated carbocycles. The van der Waals surface area contributed by atoms with Crippen molar-refractivity contribution in [2.75, 3.05) is 0 Å². The summed E-state index contributed by atoms with van der Waals surface area (Å²) >= 11 is 0. The molecule has 0 amide bonds. The second-order valence-electron chi connectivity index (χ2n) is 4.55. The summed E-state index contributed by atoms with van der Waals surface area (Å²) in [5.41, 5.74) is 3.56. The summed E-state index contributed by atoms with van der Waals surface area (Å²) in [7, 11) is 0. The van der Waals surface area contributed by atoms with Gasteiger partial charge >= 0.3 is 0 Å². The summed E-state index contributed by atoms with van der Waals surface area (Å²) in [4.78, 5) is 0. The first-order valence-electron chi connectivity index (χ1n) is 6.28. The minimum absolute atomic E-state index is 0.0716. The third-order valence-corrected chi connectivity index (χ3v) is 3.18. The van der Waals surface area contributed by atoms with Crippen molar-refractivity contribution in [1.82, 2.24) is 14.8 Å². The minimum atomic E-state index is -0.0716. The zero-order valence-electron chi connectivity index (χ0n) is 11.1. The molecule has 1 N–H and O–H groups in total. The lowest BCUT2D eigenvalue weighted by molar-refractivity contribution is 0.264. The molecule has 0 spiro atoms. The average Bonchev–Trinajstić information content (AvgIpc) is 2.76. The number of hydrogen-bond donors (Lipinski definition) is 1. The zero-order chi connectivity index (χ0) is 13.1. The Hall–Kier alpha value is -1.68. The molecule has 0 fully saturated rings. The number of aryl methyl sites for hydroxylation is 2. The van der Waals surface area contributed by atoms with Gasteiger partial charge in [-0.2, -0.15) is 0 Å². The Labute approximate surface area is 107 Å². The van der Waals surface area contributed by atoms with Crippen LogP contribution in [-0.4, -0.2) is 19.9 Å². The van der Waals surface area contributed by atoms with E-state index in [2.05, 4.69) is 49.2 Å². The molecule has 2 rings (SSSR count). The van der Waals surface area contributed by atoms with Gasteiger partial charge in [0, 0.05) is 12.1 Å². The number of aromatic nitrogens is 3. The van der Waals surface area contributed by atoms with Crippen molar-refractivity contribution >= 4 is 0 Å². The van der Waals surface area contributed by atoms with Gasteiger partial charge in [0.2, 0.25) is 0 Å². The molecule has 0 atom stereocenters. The maximum absolute atomic E-state index is 9.28. The molecule has 96 valence electrons. The Morgan fingerprint density at radius 3 is 2.56 bits per heavy atom. The molecule has 1 aromatic heterocycles. The van der Waals surface area contributed by atoms with Crippen molar-refractivity contribution in [3.63, 3.8) is 0 Å². The molecular formula is C14H19N3O. The number of benzene rings is 1. The van der Waals surface area contributed by atoms with Gasteiger partial charge in [0.1, 0.15) is 6.61 Å². The molecule has 0 aliphatic carbocycles. The third kappa shape index (κ3) is 2.29. The van der Waals surface area contributed by atoms with Crippen LogP contribution in [0.1, 0.15) is 30.3 Å². The van der Waals surface area contributed by atoms with E-state index >= 15 is 0 Å². The van der Waals surface area contributed by atoms with E-state index in [0.717, 1.165) is 24.4 Å². The van der Waals surface area contributed by atoms with Crippen molar-refractivity contribution in [1.29, 1.82) is 0 Å². The van der Waals surface area contributed by atoms with Crippen molar-refractivity contribution in [3.05, 3.63) is 35.2 Å². The third-order valence-electron chi connectivity index (χ3n) is 3.18. The van der Waals surface area contributed by atoms with Crippen LogP contribution < -0.4 is 0 Å². The first-order chi connectivity index (χ1) is 8.67. The molecule has 1 heterocycles. The fourth-order valence-corrected chi connectivity index (χ4v) is 2.00. The van der Waals surface area contributed by atoms with Crippen LogP contribution in [0.3, 0.4) is 0 Å². The van der Waals surface area contributed by atoms with Crippen molar-refractivity contribution in [2.45, 2.75) is 40.3 Å². The van der Waals surface area contributed by atoms with Crippen LogP contribution >= 0.6 is 0 Å². The van der Waals surface area contributed by atoms with Gasteiger partial charge in [-0.25, -0.2) is 0 Å². The van der Waals surface area contributed by atoms with Gasteiger partial charge in [-0.1, -0.05) is 19.1 Å². The number of nitrogens with zero attached hydrogens (tertiary/aromatic N) is 3. The van der Waals surface area contributed by atoms with E-state index in [1.165, 1.54) is 11.1 Å². The van der Waals surface area contributed by atoms with Crippen LogP contribution in [0.4, 0.5) is 0 Å². The predicted molar refractivity (Wildman–Crippen MR) is 71.1 cm³/mol. The molecule has 18 heavy (non-hydrogen) atoms. The number of aliphatic hydroxyl groups is 1. The Bertz CT molecular complexity index is 546. The second kappa shape index (κ2) is 5.31. The number of aliphatic hydroxyl groups excluding tert-OH is 1. The van der Waals surface area contributed by atoms with Crippen LogP contribution in [0.2, 0.25) is 0 Å². The van der Waals surface area contributed by atoms with Gasteiger partial charge in [-0.3, -0.25) is 0 Å². The van der Waals surface area contributed by atoms with Crippen LogP contribution in [0.25, 0.3) is 11.4 Å². The van der Waals surface area contributed by atoms with E-state index in [1.54, 1.807) is 0 Å². The molecule has 4 heteroatoms. The molecule has 4 nitrogen and oxygen atoms in total. The maximum Gasteiger partial charge on any atom is 0.164 e. The summed E-state index contributed by atoms with van der Waals surface area (Å²) in [5, 5.41) is 17.5. The quantitative estimate of drug-likeness (QED) is 0.900. The highest BCUT2D eigenvalue weighted by Crippen LogP contribution is 2.21. The van der Waals surface area contributed by atoms with Crippen molar-refractivity contribution in [3.8, 4) is 11.4 Å². The number of hydrogen-bond acceptors (Lipinski definition) is 3. The monoisotopic (exact) mass is 245 g/mol. The van der Waals surface area contributed by atoms with E-state index in [1.807, 2.05) is 4.57 Å². The standard InChI is InChI=1S/C14H19N3O/c1-4-7-17-13(9-18)15-16-14(17)12-6-5-10(2)11(3)8-12/h5-6,8,18H,4,7,9H2,1-3H3. The van der Waals surface area contributed by atoms with Crippen LogP contribution in [0.15, 0.2) is 18.2 Å². The predicted octanol–water partition coefficient (Wildman–Crippen LogP) is 2.46. The molecular weight excluding hydrogens is 226 g/mol. The van der Waals surface area contributed by atoms with Crippen molar-refractivity contribution in [2.24, 2.45) is 0 Å². The molecule has 2 aromatic rings. The smallest absolute Gasteiger partial charge is 0.164 e. The molecule has 0 radical (unpaired) electrons. The Morgan fingerprint density at radius 2 is 1.94 bits per heavy atom. The summed E-state index contributed by atoms with van der Waals surface area (Å²) < 4.78 is 1.99. The van der Waals surface area contributed by atoms with E-state index in [4.69, 9.17) is 0 Å². The van der Waals surface area contributed by atoms with Gasteiger partial charge in [0.25, 0.3) is 0 Å². The SMILES string of the molecule is CCCn1c(CO)nnc1-c1ccc(C)c(C)c1. The number of rotatable bonds is 4. The molecule has 0 unspecified atom stereocenters. The largest absolute Gasteiger partial charge is 0.388 e. The zero-order valence-corrected chi connectivity index (χ0v) is 11.1. The van der Waals surface area contributed by atoms with Gasteiger partial charge in [-0.15, -0.1) is 10.2 Å². The highest BCUT2D eigenvalue weighted by Gasteiger charge is 2.12. The normalized spacial score (nSPS) is 10.9. The van der Waals surface area contributed by atoms with Gasteiger partial charge in [0.15, 0.2) is 11.6 Å². The van der Waals surface area contributed by atoms with E-state index in [9.17, 15) is 5.11 Å². The molecule has 1 aromatic carbocycles. The molecule has 0 aliphatic rings. The van der Waals surface area contributed by atoms with E-state index in [0.29, 0.717) is 5.82 Å². The van der Waals surface area contributed by atoms with E-state index in [-0.39, 0.29) is 6.61 Å². The first kappa shape index (κ1) is 12.8. The highest BCUT2D eigenvalue weighted by molar-refractivity contribution is 5.57. The average molecular weight is 245 g/mol. The lowest BCUT2D eigenvalue weighted by atomic mass is 10.1. The Balaban J connectivity index is 2.49. The Morgan fingerprint density at radius 1 is 1.17 bits per heavy atom. The fourth-order valence-electron chi connectivity index (χ4n) is 2.00. The molecule has 0 bridgehead atoms. The highest BCUT2D eigenvalue weighted by atomic mass is 16.3. The second-order valence-corrected chi connectivity index (χ2v) is 4.55. The summed E-state index contributed by atoms with van der Waals surface area (Å²) in [5.74, 6) is 1.47. The lowest BCUT2D eigenvalue weighted by Crippen LogP contribution is -2.05. The summed E-state index contributed by atoms with van der Waals surface area (Å²) in [6, 6.07) is 6.26. The lowest BCUT2D eigenvalue weighted by Gasteiger charge is -2.09. The van der Waals surface area contributed by atoms with Gasteiger partial charge < -0.3 is 9.67 Å². The van der Waals surface area contributed by atoms with Gasteiger partial charge in [-0.05, 0) is 37.5 Å².